The predicted octanol–water partition coefficient (Wildman–Crippen LogP) is 0.483. The van der Waals surface area contributed by atoms with Gasteiger partial charge in [0.05, 0.1) is 6.04 Å². The molecule has 0 unspecified atom stereocenters. The molecule has 9 heteroatoms. The van der Waals surface area contributed by atoms with Gasteiger partial charge in [0.2, 0.25) is 5.91 Å². The van der Waals surface area contributed by atoms with Crippen LogP contribution in [0.25, 0.3) is 0 Å². The zero-order valence-corrected chi connectivity index (χ0v) is 13.5. The Bertz CT molecular complexity index is 624. The van der Waals surface area contributed by atoms with E-state index >= 15 is 0 Å². The van der Waals surface area contributed by atoms with E-state index in [-0.39, 0.29) is 11.9 Å². The lowest BCUT2D eigenvalue weighted by molar-refractivity contribution is -0.120. The van der Waals surface area contributed by atoms with Crippen LogP contribution < -0.4 is 10.5 Å². The Morgan fingerprint density at radius 2 is 2.04 bits per heavy atom. The molecule has 1 aromatic carbocycles. The number of hydrogen-bond acceptors (Lipinski definition) is 5. The lowest BCUT2D eigenvalue weighted by Gasteiger charge is -2.29. The first-order valence-electron chi connectivity index (χ1n) is 8.05. The van der Waals surface area contributed by atoms with E-state index in [1.54, 1.807) is 19.0 Å². The number of benzene rings is 1. The van der Waals surface area contributed by atoms with Gasteiger partial charge in [0.15, 0.2) is 0 Å². The second-order valence-electron chi connectivity index (χ2n) is 6.27. The lowest BCUT2D eigenvalue weighted by Crippen LogP contribution is -2.47. The number of carbonyl (C=O) groups excluding carboxylic acids is 2. The second kappa shape index (κ2) is 6.80. The van der Waals surface area contributed by atoms with Crippen molar-refractivity contribution in [1.82, 2.24) is 15.2 Å². The van der Waals surface area contributed by atoms with Crippen LogP contribution in [0.2, 0.25) is 6.82 Å². The van der Waals surface area contributed by atoms with Gasteiger partial charge < -0.3 is 20.5 Å². The largest absolute Gasteiger partial charge is 0.437 e. The van der Waals surface area contributed by atoms with Crippen LogP contribution in [-0.4, -0.2) is 57.8 Å². The maximum absolute atomic E-state index is 12.5. The molecule has 2 aliphatic rings. The van der Waals surface area contributed by atoms with E-state index in [0.29, 0.717) is 31.6 Å². The molecule has 0 radical (unpaired) electrons. The van der Waals surface area contributed by atoms with Gasteiger partial charge in [-0.25, -0.2) is 9.86 Å². The Morgan fingerprint density at radius 3 is 2.71 bits per heavy atom. The van der Waals surface area contributed by atoms with E-state index in [9.17, 15) is 19.8 Å². The van der Waals surface area contributed by atoms with Crippen molar-refractivity contribution < 1.29 is 19.8 Å². The van der Waals surface area contributed by atoms with E-state index in [1.807, 2.05) is 12.1 Å². The highest BCUT2D eigenvalue weighted by Crippen LogP contribution is 2.29. The molecule has 0 aromatic heterocycles. The third-order valence-electron chi connectivity index (χ3n) is 4.47. The third-order valence-corrected chi connectivity index (χ3v) is 4.47. The zero-order valence-electron chi connectivity index (χ0n) is 13.5. The highest BCUT2D eigenvalue weighted by Gasteiger charge is 2.46. The van der Waals surface area contributed by atoms with Crippen LogP contribution in [-0.2, 0) is 11.3 Å². The van der Waals surface area contributed by atoms with Gasteiger partial charge in [-0.05, 0) is 37.4 Å². The van der Waals surface area contributed by atoms with Gasteiger partial charge in [-0.15, -0.1) is 0 Å². The number of nitrogens with zero attached hydrogens (tertiary/aromatic N) is 2. The molecule has 3 amide bonds. The topological polar surface area (TPSA) is 105 Å². The number of urea groups is 1. The lowest BCUT2D eigenvalue weighted by atomic mass is 9.88. The standard InChI is InChI=1S/C15H21BN4O4/c1-16(23)17-8-10-2-4-11(5-3-10)18-14(21)13-7-6-12-9-19(13)15(22)20(12)24/h2-5,12-13,17,23-24H,6-9H2,1H3,(H,18,21)/t12-,13+/m1/s1. The summed E-state index contributed by atoms with van der Waals surface area (Å²) in [7, 11) is -0.580. The van der Waals surface area contributed by atoms with Crippen molar-refractivity contribution >= 4 is 24.7 Å². The molecule has 4 N–H and O–H groups in total. The molecule has 2 heterocycles. The normalized spacial score (nSPS) is 22.7. The first-order chi connectivity index (χ1) is 11.5. The molecule has 128 valence electrons. The number of hydrogen-bond donors (Lipinski definition) is 4. The molecule has 2 bridgehead atoms. The number of fused-ring (bicyclic) bond motifs is 2. The fourth-order valence-electron chi connectivity index (χ4n) is 3.12. The van der Waals surface area contributed by atoms with Gasteiger partial charge in [0, 0.05) is 18.8 Å². The van der Waals surface area contributed by atoms with E-state index in [4.69, 9.17) is 0 Å². The minimum atomic E-state index is -0.580. The smallest absolute Gasteiger partial charge is 0.373 e. The molecule has 3 rings (SSSR count). The highest BCUT2D eigenvalue weighted by molar-refractivity contribution is 6.45. The van der Waals surface area contributed by atoms with Crippen molar-refractivity contribution in [1.29, 1.82) is 0 Å². The fourth-order valence-corrected chi connectivity index (χ4v) is 3.12. The van der Waals surface area contributed by atoms with Gasteiger partial charge in [-0.2, -0.15) is 0 Å². The summed E-state index contributed by atoms with van der Waals surface area (Å²) in [6.07, 6.45) is 1.15. The molecule has 2 saturated heterocycles. The van der Waals surface area contributed by atoms with Crippen LogP contribution >= 0.6 is 0 Å². The van der Waals surface area contributed by atoms with Crippen LogP contribution in [0.3, 0.4) is 0 Å². The number of nitrogens with one attached hydrogen (secondary N) is 2. The molecule has 2 atom stereocenters. The van der Waals surface area contributed by atoms with Crippen LogP contribution in [0.5, 0.6) is 0 Å². The molecule has 2 fully saturated rings. The van der Waals surface area contributed by atoms with Gasteiger partial charge in [0.25, 0.3) is 0 Å². The fraction of sp³-hybridized carbons (Fsp3) is 0.467. The number of amides is 3. The van der Waals surface area contributed by atoms with Crippen LogP contribution in [0, 0.1) is 0 Å². The minimum absolute atomic E-state index is 0.206. The van der Waals surface area contributed by atoms with Gasteiger partial charge in [-0.1, -0.05) is 12.1 Å². The summed E-state index contributed by atoms with van der Waals surface area (Å²) < 4.78 is 0. The monoisotopic (exact) mass is 332 g/mol. The number of hydroxylamine groups is 2. The predicted molar refractivity (Wildman–Crippen MR) is 88.3 cm³/mol. The molecular weight excluding hydrogens is 311 g/mol. The summed E-state index contributed by atoms with van der Waals surface area (Å²) >= 11 is 0. The second-order valence-corrected chi connectivity index (χ2v) is 6.27. The summed E-state index contributed by atoms with van der Waals surface area (Å²) in [6.45, 7) is 2.57. The zero-order chi connectivity index (χ0) is 17.3. The number of carbonyl (C=O) groups is 2. The van der Waals surface area contributed by atoms with E-state index < -0.39 is 19.1 Å². The van der Waals surface area contributed by atoms with Gasteiger partial charge in [0.1, 0.15) is 6.04 Å². The Kier molecular flexibility index (Phi) is 4.75. The Balaban J connectivity index is 1.60. The molecule has 24 heavy (non-hydrogen) atoms. The minimum Gasteiger partial charge on any atom is -0.437 e. The first-order valence-corrected chi connectivity index (χ1v) is 8.05. The average molecular weight is 332 g/mol. The Morgan fingerprint density at radius 1 is 1.33 bits per heavy atom. The molecule has 0 spiro atoms. The van der Waals surface area contributed by atoms with Gasteiger partial charge in [-0.3, -0.25) is 10.0 Å². The highest BCUT2D eigenvalue weighted by atomic mass is 16.5. The number of rotatable bonds is 5. The third kappa shape index (κ3) is 3.38. The van der Waals surface area contributed by atoms with Crippen molar-refractivity contribution in [2.24, 2.45) is 0 Å². The maximum Gasteiger partial charge on any atom is 0.373 e. The van der Waals surface area contributed by atoms with E-state index in [0.717, 1.165) is 10.6 Å². The Labute approximate surface area is 140 Å². The van der Waals surface area contributed by atoms with Crippen LogP contribution in [0.1, 0.15) is 18.4 Å². The van der Waals surface area contributed by atoms with E-state index in [2.05, 4.69) is 10.5 Å². The SMILES string of the molecule is CB(O)NCc1ccc(NC(=O)[C@@H]2CC[C@@H]3CN2C(=O)N3O)cc1. The first kappa shape index (κ1) is 16.8. The van der Waals surface area contributed by atoms with Crippen molar-refractivity contribution in [3.05, 3.63) is 29.8 Å². The van der Waals surface area contributed by atoms with Crippen molar-refractivity contribution in [2.75, 3.05) is 11.9 Å². The summed E-state index contributed by atoms with van der Waals surface area (Å²) in [5.41, 5.74) is 1.63. The Hall–Kier alpha value is -2.10. The quantitative estimate of drug-likeness (QED) is 0.464. The molecular formula is C15H21BN4O4. The van der Waals surface area contributed by atoms with Crippen LogP contribution in [0.4, 0.5) is 10.5 Å². The molecule has 8 nitrogen and oxygen atoms in total. The van der Waals surface area contributed by atoms with Gasteiger partial charge >= 0.3 is 13.1 Å². The number of piperidine rings is 1. The molecule has 0 saturated carbocycles. The molecule has 2 aliphatic heterocycles. The maximum atomic E-state index is 12.5. The summed E-state index contributed by atoms with van der Waals surface area (Å²) in [4.78, 5) is 25.8. The van der Waals surface area contributed by atoms with E-state index in [1.165, 1.54) is 4.90 Å². The molecule has 1 aromatic rings. The summed E-state index contributed by atoms with van der Waals surface area (Å²) in [5.74, 6) is -0.244. The van der Waals surface area contributed by atoms with Crippen molar-refractivity contribution in [2.45, 2.75) is 38.3 Å². The van der Waals surface area contributed by atoms with Crippen LogP contribution in [0.15, 0.2) is 24.3 Å². The van der Waals surface area contributed by atoms with Crippen molar-refractivity contribution in [3.63, 3.8) is 0 Å². The average Bonchev–Trinajstić information content (AvgIpc) is 2.78. The van der Waals surface area contributed by atoms with Crippen molar-refractivity contribution in [3.8, 4) is 0 Å². The molecule has 0 aliphatic carbocycles. The summed E-state index contributed by atoms with van der Waals surface area (Å²) in [6, 6.07) is 6.03. The number of anilines is 1. The summed E-state index contributed by atoms with van der Waals surface area (Å²) in [5, 5.41) is 25.3.